The molecule has 1 heterocycles. The molecule has 0 amide bonds. The molecule has 1 nitrogen and oxygen atoms in total. The highest BCUT2D eigenvalue weighted by Gasteiger charge is 2.34. The van der Waals surface area contributed by atoms with Gasteiger partial charge in [0.2, 0.25) is 0 Å². The lowest BCUT2D eigenvalue weighted by atomic mass is 9.77. The van der Waals surface area contributed by atoms with Crippen LogP contribution in [0.1, 0.15) is 32.3 Å². The molecule has 0 aliphatic carbocycles. The van der Waals surface area contributed by atoms with Crippen molar-refractivity contribution >= 4 is 11.6 Å². The highest BCUT2D eigenvalue weighted by Crippen LogP contribution is 2.36. The molecule has 1 aromatic rings. The van der Waals surface area contributed by atoms with Gasteiger partial charge >= 0.3 is 0 Å². The number of hydrogen-bond acceptors (Lipinski definition) is 1. The first-order valence-electron chi connectivity index (χ1n) is 5.71. The molecular formula is C13H17ClFN. The Labute approximate surface area is 101 Å². The first-order chi connectivity index (χ1) is 7.51. The maximum atomic E-state index is 13.3. The highest BCUT2D eigenvalue weighted by molar-refractivity contribution is 6.31. The summed E-state index contributed by atoms with van der Waals surface area (Å²) in [5.41, 5.74) is 0.768. The van der Waals surface area contributed by atoms with Gasteiger partial charge in [0.25, 0.3) is 0 Å². The standard InChI is InChI=1S/C13H17ClFN/c1-13(2,12-4-3-7-16-12)10-8-9(15)5-6-11(10)14/h5-6,8,12,16H,3-4,7H2,1-2H3. The Bertz CT molecular complexity index is 384. The van der Waals surface area contributed by atoms with E-state index in [2.05, 4.69) is 19.2 Å². The average Bonchev–Trinajstić information content (AvgIpc) is 2.75. The second-order valence-corrected chi connectivity index (χ2v) is 5.40. The molecule has 1 unspecified atom stereocenters. The maximum Gasteiger partial charge on any atom is 0.123 e. The van der Waals surface area contributed by atoms with Crippen LogP contribution >= 0.6 is 11.6 Å². The van der Waals surface area contributed by atoms with Crippen molar-refractivity contribution < 1.29 is 4.39 Å². The molecule has 1 fully saturated rings. The Morgan fingerprint density at radius 2 is 2.19 bits per heavy atom. The molecule has 3 heteroatoms. The molecule has 0 bridgehead atoms. The van der Waals surface area contributed by atoms with Crippen LogP contribution < -0.4 is 5.32 Å². The van der Waals surface area contributed by atoms with Crippen LogP contribution in [0.4, 0.5) is 4.39 Å². The fourth-order valence-electron chi connectivity index (χ4n) is 2.48. The molecule has 88 valence electrons. The highest BCUT2D eigenvalue weighted by atomic mass is 35.5. The monoisotopic (exact) mass is 241 g/mol. The minimum Gasteiger partial charge on any atom is -0.313 e. The average molecular weight is 242 g/mol. The van der Waals surface area contributed by atoms with E-state index in [4.69, 9.17) is 11.6 Å². The van der Waals surface area contributed by atoms with Crippen LogP contribution in [0.3, 0.4) is 0 Å². The van der Waals surface area contributed by atoms with Crippen molar-refractivity contribution in [2.75, 3.05) is 6.54 Å². The number of nitrogens with one attached hydrogen (secondary N) is 1. The third-order valence-corrected chi connectivity index (χ3v) is 3.88. The van der Waals surface area contributed by atoms with Crippen LogP contribution in [0.2, 0.25) is 5.02 Å². The SMILES string of the molecule is CC(C)(c1cc(F)ccc1Cl)C1CCCN1. The number of halogens is 2. The van der Waals surface area contributed by atoms with Gasteiger partial charge in [0, 0.05) is 16.5 Å². The molecular weight excluding hydrogens is 225 g/mol. The van der Waals surface area contributed by atoms with Gasteiger partial charge in [-0.2, -0.15) is 0 Å². The van der Waals surface area contributed by atoms with E-state index in [1.54, 1.807) is 12.1 Å². The van der Waals surface area contributed by atoms with Gasteiger partial charge in [-0.1, -0.05) is 25.4 Å². The smallest absolute Gasteiger partial charge is 0.123 e. The molecule has 16 heavy (non-hydrogen) atoms. The van der Waals surface area contributed by atoms with Gasteiger partial charge < -0.3 is 5.32 Å². The zero-order chi connectivity index (χ0) is 11.8. The van der Waals surface area contributed by atoms with Crippen molar-refractivity contribution in [2.45, 2.75) is 38.1 Å². The van der Waals surface area contributed by atoms with Gasteiger partial charge in [0.05, 0.1) is 0 Å². The zero-order valence-electron chi connectivity index (χ0n) is 9.69. The number of rotatable bonds is 2. The Hall–Kier alpha value is -0.600. The molecule has 0 spiro atoms. The van der Waals surface area contributed by atoms with E-state index in [1.165, 1.54) is 12.5 Å². The fraction of sp³-hybridized carbons (Fsp3) is 0.538. The maximum absolute atomic E-state index is 13.3. The topological polar surface area (TPSA) is 12.0 Å². The first-order valence-corrected chi connectivity index (χ1v) is 6.08. The van der Waals surface area contributed by atoms with Crippen molar-refractivity contribution in [3.05, 3.63) is 34.6 Å². The van der Waals surface area contributed by atoms with E-state index in [0.717, 1.165) is 18.5 Å². The van der Waals surface area contributed by atoms with Crippen LogP contribution in [0.25, 0.3) is 0 Å². The second-order valence-electron chi connectivity index (χ2n) is 4.99. The van der Waals surface area contributed by atoms with E-state index in [0.29, 0.717) is 11.1 Å². The van der Waals surface area contributed by atoms with Crippen molar-refractivity contribution in [3.8, 4) is 0 Å². The molecule has 2 rings (SSSR count). The minimum atomic E-state index is -0.217. The van der Waals surface area contributed by atoms with Gasteiger partial charge in [-0.25, -0.2) is 4.39 Å². The van der Waals surface area contributed by atoms with Crippen LogP contribution in [0.5, 0.6) is 0 Å². The predicted octanol–water partition coefficient (Wildman–Crippen LogP) is 3.51. The summed E-state index contributed by atoms with van der Waals surface area (Å²) in [5.74, 6) is -0.217. The molecule has 1 saturated heterocycles. The number of hydrogen-bond donors (Lipinski definition) is 1. The molecule has 1 aliphatic heterocycles. The van der Waals surface area contributed by atoms with Gasteiger partial charge in [0.1, 0.15) is 5.82 Å². The van der Waals surface area contributed by atoms with E-state index in [9.17, 15) is 4.39 Å². The van der Waals surface area contributed by atoms with Gasteiger partial charge in [-0.3, -0.25) is 0 Å². The summed E-state index contributed by atoms with van der Waals surface area (Å²) < 4.78 is 13.3. The van der Waals surface area contributed by atoms with Crippen molar-refractivity contribution in [2.24, 2.45) is 0 Å². The lowest BCUT2D eigenvalue weighted by Gasteiger charge is -2.33. The summed E-state index contributed by atoms with van der Waals surface area (Å²) in [6.07, 6.45) is 2.31. The largest absolute Gasteiger partial charge is 0.313 e. The molecule has 1 aliphatic rings. The third-order valence-electron chi connectivity index (χ3n) is 3.55. The Kier molecular flexibility index (Phi) is 3.22. The minimum absolute atomic E-state index is 0.129. The summed E-state index contributed by atoms with van der Waals surface area (Å²) in [4.78, 5) is 0. The van der Waals surface area contributed by atoms with Crippen LogP contribution in [-0.4, -0.2) is 12.6 Å². The van der Waals surface area contributed by atoms with Crippen molar-refractivity contribution in [3.63, 3.8) is 0 Å². The molecule has 0 aromatic heterocycles. The van der Waals surface area contributed by atoms with Crippen molar-refractivity contribution in [1.82, 2.24) is 5.32 Å². The molecule has 0 radical (unpaired) electrons. The molecule has 0 saturated carbocycles. The Morgan fingerprint density at radius 3 is 2.81 bits per heavy atom. The Morgan fingerprint density at radius 1 is 1.44 bits per heavy atom. The summed E-state index contributed by atoms with van der Waals surface area (Å²) >= 11 is 6.16. The van der Waals surface area contributed by atoms with E-state index >= 15 is 0 Å². The summed E-state index contributed by atoms with van der Waals surface area (Å²) in [6, 6.07) is 4.99. The summed E-state index contributed by atoms with van der Waals surface area (Å²) in [6.45, 7) is 5.29. The van der Waals surface area contributed by atoms with Crippen LogP contribution in [-0.2, 0) is 5.41 Å². The third kappa shape index (κ3) is 2.09. The van der Waals surface area contributed by atoms with Crippen molar-refractivity contribution in [1.29, 1.82) is 0 Å². The number of benzene rings is 1. The normalized spacial score (nSPS) is 21.4. The quantitative estimate of drug-likeness (QED) is 0.836. The van der Waals surface area contributed by atoms with E-state index in [-0.39, 0.29) is 11.2 Å². The lowest BCUT2D eigenvalue weighted by molar-refractivity contribution is 0.376. The lowest BCUT2D eigenvalue weighted by Crippen LogP contribution is -2.40. The fourth-order valence-corrected chi connectivity index (χ4v) is 2.84. The zero-order valence-corrected chi connectivity index (χ0v) is 10.4. The van der Waals surface area contributed by atoms with Crippen LogP contribution in [0, 0.1) is 5.82 Å². The molecule has 1 N–H and O–H groups in total. The van der Waals surface area contributed by atoms with Gasteiger partial charge in [0.15, 0.2) is 0 Å². The summed E-state index contributed by atoms with van der Waals surface area (Å²) in [5, 5.41) is 4.11. The predicted molar refractivity (Wildman–Crippen MR) is 65.5 cm³/mol. The van der Waals surface area contributed by atoms with E-state index in [1.807, 2.05) is 0 Å². The molecule has 1 atom stereocenters. The summed E-state index contributed by atoms with van der Waals surface area (Å²) in [7, 11) is 0. The van der Waals surface area contributed by atoms with Crippen LogP contribution in [0.15, 0.2) is 18.2 Å². The first kappa shape index (κ1) is 11.9. The molecule has 1 aromatic carbocycles. The van der Waals surface area contributed by atoms with Gasteiger partial charge in [-0.05, 0) is 43.1 Å². The Balaban J connectivity index is 2.37. The van der Waals surface area contributed by atoms with E-state index < -0.39 is 0 Å². The van der Waals surface area contributed by atoms with Gasteiger partial charge in [-0.15, -0.1) is 0 Å². The second kappa shape index (κ2) is 4.34.